The monoisotopic (exact) mass is 243 g/mol. The molecule has 0 atom stereocenters. The number of ether oxygens (including phenoxy) is 1. The van der Waals surface area contributed by atoms with Crippen LogP contribution in [0.3, 0.4) is 0 Å². The predicted molar refractivity (Wildman–Crippen MR) is 70.9 cm³/mol. The summed E-state index contributed by atoms with van der Waals surface area (Å²) in [6.45, 7) is 0.170. The molecule has 1 heterocycles. The molecule has 94 valence electrons. The number of para-hydroxylation sites is 1. The molecule has 0 amide bonds. The van der Waals surface area contributed by atoms with Crippen LogP contribution in [0.25, 0.3) is 10.9 Å². The van der Waals surface area contributed by atoms with Crippen molar-refractivity contribution in [2.45, 2.75) is 24.7 Å². The summed E-state index contributed by atoms with van der Waals surface area (Å²) >= 11 is 0. The molecule has 3 nitrogen and oxygen atoms in total. The smallest absolute Gasteiger partial charge is 0.217 e. The van der Waals surface area contributed by atoms with Gasteiger partial charge in [-0.05, 0) is 25.0 Å². The summed E-state index contributed by atoms with van der Waals surface area (Å²) in [5.74, 6) is 0.655. The first-order valence-electron chi connectivity index (χ1n) is 6.34. The molecule has 0 aliphatic heterocycles. The second kappa shape index (κ2) is 4.25. The average molecular weight is 243 g/mol. The Bertz CT molecular complexity index is 570. The molecule has 1 saturated carbocycles. The van der Waals surface area contributed by atoms with Crippen LogP contribution in [0.15, 0.2) is 30.3 Å². The van der Waals surface area contributed by atoms with E-state index in [2.05, 4.69) is 17.1 Å². The molecule has 1 aliphatic carbocycles. The third-order valence-electron chi connectivity index (χ3n) is 4.07. The first-order valence-corrected chi connectivity index (χ1v) is 6.34. The molecule has 1 N–H and O–H groups in total. The van der Waals surface area contributed by atoms with Crippen LogP contribution in [-0.2, 0) is 5.41 Å². The Labute approximate surface area is 106 Å². The molecule has 3 rings (SSSR count). The van der Waals surface area contributed by atoms with Gasteiger partial charge in [0.05, 0.1) is 19.2 Å². The maximum absolute atomic E-state index is 9.70. The third-order valence-corrected chi connectivity index (χ3v) is 4.07. The lowest BCUT2D eigenvalue weighted by Crippen LogP contribution is -2.38. The summed E-state index contributed by atoms with van der Waals surface area (Å²) in [7, 11) is 1.64. The molecule has 0 saturated heterocycles. The fourth-order valence-electron chi connectivity index (χ4n) is 2.75. The minimum atomic E-state index is -0.137. The summed E-state index contributed by atoms with van der Waals surface area (Å²) in [5, 5.41) is 10.8. The van der Waals surface area contributed by atoms with Crippen LogP contribution in [-0.4, -0.2) is 23.8 Å². The Kier molecular flexibility index (Phi) is 2.71. The SMILES string of the molecule is COc1nc2ccccc2cc1C1(CO)CCC1. The molecule has 1 aliphatic rings. The Morgan fingerprint density at radius 3 is 2.72 bits per heavy atom. The van der Waals surface area contributed by atoms with Gasteiger partial charge in [-0.3, -0.25) is 0 Å². The van der Waals surface area contributed by atoms with Gasteiger partial charge in [-0.15, -0.1) is 0 Å². The van der Waals surface area contributed by atoms with E-state index in [4.69, 9.17) is 4.74 Å². The topological polar surface area (TPSA) is 42.4 Å². The van der Waals surface area contributed by atoms with Gasteiger partial charge < -0.3 is 9.84 Å². The number of rotatable bonds is 3. The lowest BCUT2D eigenvalue weighted by molar-refractivity contribution is 0.117. The van der Waals surface area contributed by atoms with Crippen LogP contribution >= 0.6 is 0 Å². The van der Waals surface area contributed by atoms with E-state index in [-0.39, 0.29) is 12.0 Å². The van der Waals surface area contributed by atoms with Crippen molar-refractivity contribution in [3.63, 3.8) is 0 Å². The van der Waals surface area contributed by atoms with E-state index in [1.54, 1.807) is 7.11 Å². The third kappa shape index (κ3) is 1.58. The van der Waals surface area contributed by atoms with Crippen molar-refractivity contribution in [3.05, 3.63) is 35.9 Å². The number of methoxy groups -OCH3 is 1. The quantitative estimate of drug-likeness (QED) is 0.901. The number of aliphatic hydroxyl groups is 1. The van der Waals surface area contributed by atoms with Gasteiger partial charge in [-0.25, -0.2) is 4.98 Å². The van der Waals surface area contributed by atoms with Gasteiger partial charge >= 0.3 is 0 Å². The lowest BCUT2D eigenvalue weighted by Gasteiger charge is -2.41. The Morgan fingerprint density at radius 1 is 1.33 bits per heavy atom. The molecule has 0 radical (unpaired) electrons. The minimum Gasteiger partial charge on any atom is -0.481 e. The Hall–Kier alpha value is -1.61. The second-order valence-corrected chi connectivity index (χ2v) is 5.03. The van der Waals surface area contributed by atoms with E-state index in [9.17, 15) is 5.11 Å². The molecule has 3 heteroatoms. The van der Waals surface area contributed by atoms with Crippen LogP contribution in [0.4, 0.5) is 0 Å². The summed E-state index contributed by atoms with van der Waals surface area (Å²) < 4.78 is 5.41. The molecule has 1 fully saturated rings. The van der Waals surface area contributed by atoms with Gasteiger partial charge in [-0.2, -0.15) is 0 Å². The summed E-state index contributed by atoms with van der Waals surface area (Å²) in [4.78, 5) is 4.56. The summed E-state index contributed by atoms with van der Waals surface area (Å²) in [6.07, 6.45) is 3.19. The number of benzene rings is 1. The average Bonchev–Trinajstić information content (AvgIpc) is 2.37. The van der Waals surface area contributed by atoms with Gasteiger partial charge in [0.25, 0.3) is 0 Å². The molecule has 1 aromatic heterocycles. The van der Waals surface area contributed by atoms with Crippen molar-refractivity contribution >= 4 is 10.9 Å². The van der Waals surface area contributed by atoms with E-state index >= 15 is 0 Å². The first-order chi connectivity index (χ1) is 8.79. The van der Waals surface area contributed by atoms with Gasteiger partial charge in [0, 0.05) is 16.4 Å². The van der Waals surface area contributed by atoms with Crippen LogP contribution in [0, 0.1) is 0 Å². The molecule has 0 spiro atoms. The minimum absolute atomic E-state index is 0.137. The van der Waals surface area contributed by atoms with Gasteiger partial charge in [-0.1, -0.05) is 24.6 Å². The van der Waals surface area contributed by atoms with Gasteiger partial charge in [0.2, 0.25) is 5.88 Å². The standard InChI is InChI=1S/C15H17NO2/c1-18-14-12(15(10-17)7-4-8-15)9-11-5-2-3-6-13(11)16-14/h2-3,5-6,9,17H,4,7-8,10H2,1H3. The Morgan fingerprint density at radius 2 is 2.11 bits per heavy atom. The largest absolute Gasteiger partial charge is 0.481 e. The number of hydrogen-bond donors (Lipinski definition) is 1. The van der Waals surface area contributed by atoms with Crippen LogP contribution in [0.1, 0.15) is 24.8 Å². The molecular formula is C15H17NO2. The molecule has 0 unspecified atom stereocenters. The molecule has 2 aromatic rings. The highest BCUT2D eigenvalue weighted by molar-refractivity contribution is 5.80. The van der Waals surface area contributed by atoms with Gasteiger partial charge in [0.1, 0.15) is 0 Å². The van der Waals surface area contributed by atoms with Crippen molar-refractivity contribution < 1.29 is 9.84 Å². The number of aliphatic hydroxyl groups excluding tert-OH is 1. The van der Waals surface area contributed by atoms with Crippen molar-refractivity contribution in [2.75, 3.05) is 13.7 Å². The highest BCUT2D eigenvalue weighted by Crippen LogP contribution is 2.46. The van der Waals surface area contributed by atoms with Crippen LogP contribution < -0.4 is 4.74 Å². The van der Waals surface area contributed by atoms with Crippen LogP contribution in [0.2, 0.25) is 0 Å². The second-order valence-electron chi connectivity index (χ2n) is 5.03. The highest BCUT2D eigenvalue weighted by atomic mass is 16.5. The molecular weight excluding hydrogens is 226 g/mol. The van der Waals surface area contributed by atoms with E-state index in [0.29, 0.717) is 5.88 Å². The summed E-state index contributed by atoms with van der Waals surface area (Å²) in [5.41, 5.74) is 1.85. The van der Waals surface area contributed by atoms with E-state index in [1.165, 1.54) is 0 Å². The molecule has 1 aromatic carbocycles. The van der Waals surface area contributed by atoms with E-state index in [0.717, 1.165) is 35.7 Å². The maximum atomic E-state index is 9.70. The van der Waals surface area contributed by atoms with Crippen molar-refractivity contribution in [1.29, 1.82) is 0 Å². The van der Waals surface area contributed by atoms with Crippen LogP contribution in [0.5, 0.6) is 5.88 Å². The number of pyridine rings is 1. The predicted octanol–water partition coefficient (Wildman–Crippen LogP) is 2.66. The number of fused-ring (bicyclic) bond motifs is 1. The van der Waals surface area contributed by atoms with E-state index < -0.39 is 0 Å². The number of nitrogens with zero attached hydrogens (tertiary/aromatic N) is 1. The fraction of sp³-hybridized carbons (Fsp3) is 0.400. The number of hydrogen-bond acceptors (Lipinski definition) is 3. The van der Waals surface area contributed by atoms with E-state index in [1.807, 2.05) is 18.2 Å². The zero-order valence-corrected chi connectivity index (χ0v) is 10.5. The lowest BCUT2D eigenvalue weighted by atomic mass is 9.65. The fourth-order valence-corrected chi connectivity index (χ4v) is 2.75. The molecule has 0 bridgehead atoms. The number of aromatic nitrogens is 1. The summed E-state index contributed by atoms with van der Waals surface area (Å²) in [6, 6.07) is 10.1. The van der Waals surface area contributed by atoms with Crippen molar-refractivity contribution in [1.82, 2.24) is 4.98 Å². The van der Waals surface area contributed by atoms with Crippen molar-refractivity contribution in [2.24, 2.45) is 0 Å². The Balaban J connectivity index is 2.20. The normalized spacial score (nSPS) is 17.4. The first kappa shape index (κ1) is 11.5. The molecule has 18 heavy (non-hydrogen) atoms. The van der Waals surface area contributed by atoms with Crippen molar-refractivity contribution in [3.8, 4) is 5.88 Å². The zero-order valence-electron chi connectivity index (χ0n) is 10.5. The highest BCUT2D eigenvalue weighted by Gasteiger charge is 2.40. The van der Waals surface area contributed by atoms with Gasteiger partial charge in [0.15, 0.2) is 0 Å². The zero-order chi connectivity index (χ0) is 12.6. The maximum Gasteiger partial charge on any atom is 0.217 e.